The first-order chi connectivity index (χ1) is 7.02. The molecule has 2 N–H and O–H groups in total. The second-order valence-electron chi connectivity index (χ2n) is 3.05. The number of thiophene rings is 1. The molecule has 0 aliphatic heterocycles. The van der Waals surface area contributed by atoms with Gasteiger partial charge in [0.15, 0.2) is 0 Å². The highest BCUT2D eigenvalue weighted by Gasteiger charge is 2.15. The quantitative estimate of drug-likeness (QED) is 0.853. The van der Waals surface area contributed by atoms with Gasteiger partial charge in [-0.05, 0) is 11.4 Å². The number of hydrogen-bond acceptors (Lipinski definition) is 3. The van der Waals surface area contributed by atoms with Crippen molar-refractivity contribution in [2.45, 2.75) is 6.92 Å². The summed E-state index contributed by atoms with van der Waals surface area (Å²) in [4.78, 5) is 22.4. The first kappa shape index (κ1) is 12.0. The number of hydrogen-bond donors (Lipinski definition) is 2. The Morgan fingerprint density at radius 2 is 2.33 bits per heavy atom. The van der Waals surface area contributed by atoms with Crippen molar-refractivity contribution in [2.24, 2.45) is 5.92 Å². The van der Waals surface area contributed by atoms with Crippen molar-refractivity contribution < 1.29 is 14.7 Å². The summed E-state index contributed by atoms with van der Waals surface area (Å²) < 4.78 is 0. The Labute approximate surface area is 95.9 Å². The molecule has 0 saturated heterocycles. The Morgan fingerprint density at radius 1 is 1.67 bits per heavy atom. The standard InChI is InChI=1S/C9H10ClNO3S/c1-5(9(13)14)4-11-8(12)7-6(10)2-3-15-7/h2-3,5H,4H2,1H3,(H,11,12)(H,13,14). The number of carboxylic acids is 1. The Balaban J connectivity index is 2.51. The van der Waals surface area contributed by atoms with Crippen LogP contribution in [0, 0.1) is 5.92 Å². The topological polar surface area (TPSA) is 66.4 Å². The fraction of sp³-hybridized carbons (Fsp3) is 0.333. The van der Waals surface area contributed by atoms with Gasteiger partial charge in [0, 0.05) is 6.54 Å². The number of halogens is 1. The summed E-state index contributed by atoms with van der Waals surface area (Å²) in [5.41, 5.74) is 0. The molecule has 0 fully saturated rings. The third-order valence-electron chi connectivity index (χ3n) is 1.81. The molecule has 0 bridgehead atoms. The third kappa shape index (κ3) is 3.21. The Morgan fingerprint density at radius 3 is 2.80 bits per heavy atom. The van der Waals surface area contributed by atoms with E-state index in [4.69, 9.17) is 16.7 Å². The van der Waals surface area contributed by atoms with Crippen molar-refractivity contribution in [3.8, 4) is 0 Å². The summed E-state index contributed by atoms with van der Waals surface area (Å²) in [5.74, 6) is -1.87. The third-order valence-corrected chi connectivity index (χ3v) is 3.15. The molecule has 1 atom stereocenters. The minimum Gasteiger partial charge on any atom is -0.481 e. The van der Waals surface area contributed by atoms with Gasteiger partial charge in [0.1, 0.15) is 4.88 Å². The summed E-state index contributed by atoms with van der Waals surface area (Å²) in [6.45, 7) is 1.63. The average Bonchev–Trinajstić information content (AvgIpc) is 2.60. The van der Waals surface area contributed by atoms with E-state index in [1.165, 1.54) is 18.3 Å². The van der Waals surface area contributed by atoms with Crippen LogP contribution in [0.4, 0.5) is 0 Å². The van der Waals surface area contributed by atoms with Crippen LogP contribution in [0.15, 0.2) is 11.4 Å². The minimum absolute atomic E-state index is 0.0996. The van der Waals surface area contributed by atoms with Crippen molar-refractivity contribution in [1.82, 2.24) is 5.32 Å². The van der Waals surface area contributed by atoms with E-state index in [9.17, 15) is 9.59 Å². The summed E-state index contributed by atoms with van der Waals surface area (Å²) in [6.07, 6.45) is 0. The molecule has 0 aliphatic carbocycles. The molecule has 0 radical (unpaired) electrons. The molecule has 6 heteroatoms. The lowest BCUT2D eigenvalue weighted by Gasteiger charge is -2.07. The van der Waals surface area contributed by atoms with E-state index in [0.29, 0.717) is 9.90 Å². The fourth-order valence-corrected chi connectivity index (χ4v) is 1.93. The fourth-order valence-electron chi connectivity index (χ4n) is 0.869. The Hall–Kier alpha value is -1.07. The lowest BCUT2D eigenvalue weighted by Crippen LogP contribution is -2.31. The smallest absolute Gasteiger partial charge is 0.308 e. The highest BCUT2D eigenvalue weighted by molar-refractivity contribution is 7.12. The molecule has 1 aromatic heterocycles. The second-order valence-corrected chi connectivity index (χ2v) is 4.37. The van der Waals surface area contributed by atoms with Crippen LogP contribution < -0.4 is 5.32 Å². The van der Waals surface area contributed by atoms with Gasteiger partial charge in [-0.25, -0.2) is 0 Å². The number of carboxylic acid groups (broad SMARTS) is 1. The monoisotopic (exact) mass is 247 g/mol. The minimum atomic E-state index is -0.937. The lowest BCUT2D eigenvalue weighted by atomic mass is 10.2. The number of aliphatic carboxylic acids is 1. The molecular weight excluding hydrogens is 238 g/mol. The molecule has 1 aromatic rings. The van der Waals surface area contributed by atoms with Crippen LogP contribution in [0.5, 0.6) is 0 Å². The first-order valence-corrected chi connectivity index (χ1v) is 5.52. The zero-order valence-electron chi connectivity index (χ0n) is 7.99. The highest BCUT2D eigenvalue weighted by Crippen LogP contribution is 2.21. The van der Waals surface area contributed by atoms with E-state index in [1.54, 1.807) is 11.4 Å². The zero-order chi connectivity index (χ0) is 11.4. The normalized spacial score (nSPS) is 12.1. The van der Waals surface area contributed by atoms with Crippen molar-refractivity contribution in [1.29, 1.82) is 0 Å². The molecule has 1 heterocycles. The summed E-state index contributed by atoms with van der Waals surface area (Å²) >= 11 is 6.97. The van der Waals surface area contributed by atoms with Crippen LogP contribution in [0.2, 0.25) is 5.02 Å². The maximum atomic E-state index is 11.5. The summed E-state index contributed by atoms with van der Waals surface area (Å²) in [5, 5.41) is 13.2. The van der Waals surface area contributed by atoms with E-state index in [2.05, 4.69) is 5.32 Å². The SMILES string of the molecule is CC(CNC(=O)c1sccc1Cl)C(=O)O. The maximum Gasteiger partial charge on any atom is 0.308 e. The number of carbonyl (C=O) groups excluding carboxylic acids is 1. The maximum absolute atomic E-state index is 11.5. The lowest BCUT2D eigenvalue weighted by molar-refractivity contribution is -0.140. The molecule has 0 aliphatic rings. The van der Waals surface area contributed by atoms with Crippen LogP contribution in [-0.2, 0) is 4.79 Å². The molecule has 0 saturated carbocycles. The van der Waals surface area contributed by atoms with E-state index in [1.807, 2.05) is 0 Å². The molecule has 0 spiro atoms. The first-order valence-electron chi connectivity index (χ1n) is 4.26. The summed E-state index contributed by atoms with van der Waals surface area (Å²) in [7, 11) is 0. The number of carbonyl (C=O) groups is 2. The Bertz CT molecular complexity index is 377. The van der Waals surface area contributed by atoms with Gasteiger partial charge < -0.3 is 10.4 Å². The molecule has 15 heavy (non-hydrogen) atoms. The van der Waals surface area contributed by atoms with Crippen LogP contribution >= 0.6 is 22.9 Å². The molecule has 4 nitrogen and oxygen atoms in total. The van der Waals surface area contributed by atoms with E-state index < -0.39 is 11.9 Å². The van der Waals surface area contributed by atoms with E-state index in [0.717, 1.165) is 0 Å². The van der Waals surface area contributed by atoms with E-state index in [-0.39, 0.29) is 12.5 Å². The Kier molecular flexibility index (Phi) is 4.11. The molecule has 1 rings (SSSR count). The van der Waals surface area contributed by atoms with Crippen molar-refractivity contribution in [3.05, 3.63) is 21.3 Å². The predicted octanol–water partition coefficient (Wildman–Crippen LogP) is 1.85. The van der Waals surface area contributed by atoms with Gasteiger partial charge in [-0.3, -0.25) is 9.59 Å². The summed E-state index contributed by atoms with van der Waals surface area (Å²) in [6, 6.07) is 1.63. The van der Waals surface area contributed by atoms with Gasteiger partial charge in [0.25, 0.3) is 5.91 Å². The van der Waals surface area contributed by atoms with Gasteiger partial charge >= 0.3 is 5.97 Å². The molecule has 1 unspecified atom stereocenters. The molecular formula is C9H10ClNO3S. The number of nitrogens with one attached hydrogen (secondary N) is 1. The van der Waals surface area contributed by atoms with Crippen molar-refractivity contribution >= 4 is 34.8 Å². The zero-order valence-corrected chi connectivity index (χ0v) is 9.56. The number of rotatable bonds is 4. The van der Waals surface area contributed by atoms with Crippen LogP contribution in [-0.4, -0.2) is 23.5 Å². The van der Waals surface area contributed by atoms with E-state index >= 15 is 0 Å². The van der Waals surface area contributed by atoms with Gasteiger partial charge in [-0.15, -0.1) is 11.3 Å². The van der Waals surface area contributed by atoms with Gasteiger partial charge in [-0.2, -0.15) is 0 Å². The van der Waals surface area contributed by atoms with Gasteiger partial charge in [0.05, 0.1) is 10.9 Å². The molecule has 0 aromatic carbocycles. The second kappa shape index (κ2) is 5.14. The largest absolute Gasteiger partial charge is 0.481 e. The number of amides is 1. The van der Waals surface area contributed by atoms with Crippen molar-refractivity contribution in [3.63, 3.8) is 0 Å². The van der Waals surface area contributed by atoms with Crippen LogP contribution in [0.25, 0.3) is 0 Å². The molecule has 1 amide bonds. The average molecular weight is 248 g/mol. The highest BCUT2D eigenvalue weighted by atomic mass is 35.5. The van der Waals surface area contributed by atoms with Gasteiger partial charge in [-0.1, -0.05) is 18.5 Å². The predicted molar refractivity (Wildman–Crippen MR) is 58.5 cm³/mol. The van der Waals surface area contributed by atoms with Gasteiger partial charge in [0.2, 0.25) is 0 Å². The molecule has 82 valence electrons. The van der Waals surface area contributed by atoms with Crippen molar-refractivity contribution in [2.75, 3.05) is 6.54 Å². The van der Waals surface area contributed by atoms with Crippen LogP contribution in [0.1, 0.15) is 16.6 Å². The van der Waals surface area contributed by atoms with Crippen LogP contribution in [0.3, 0.4) is 0 Å².